The van der Waals surface area contributed by atoms with E-state index in [-0.39, 0.29) is 17.4 Å². The molecule has 0 aliphatic carbocycles. The number of rotatable bonds is 4. The summed E-state index contributed by atoms with van der Waals surface area (Å²) in [6.07, 6.45) is 3.17. The van der Waals surface area contributed by atoms with Gasteiger partial charge in [-0.1, -0.05) is 13.3 Å². The number of phenols is 1. The van der Waals surface area contributed by atoms with Crippen molar-refractivity contribution in [3.8, 4) is 17.2 Å². The van der Waals surface area contributed by atoms with Crippen LogP contribution < -0.4 is 14.8 Å². The van der Waals surface area contributed by atoms with Crippen LogP contribution in [0.25, 0.3) is 0 Å². The molecule has 0 spiro atoms. The molecule has 96 valence electrons. The Morgan fingerprint density at radius 2 is 2.22 bits per heavy atom. The molecule has 1 aliphatic rings. The molecule has 2 rings (SSSR count). The Hall–Kier alpha value is -2.17. The second-order valence-corrected chi connectivity index (χ2v) is 3.94. The van der Waals surface area contributed by atoms with Crippen LogP contribution in [0.5, 0.6) is 17.2 Å². The van der Waals surface area contributed by atoms with Crippen molar-refractivity contribution in [3.05, 3.63) is 30.2 Å². The zero-order chi connectivity index (χ0) is 13.0. The summed E-state index contributed by atoms with van der Waals surface area (Å²) in [6.45, 7) is 2.66. The highest BCUT2D eigenvalue weighted by atomic mass is 16.6. The molecule has 2 N–H and O–H groups in total. The smallest absolute Gasteiger partial charge is 0.290 e. The summed E-state index contributed by atoms with van der Waals surface area (Å²) >= 11 is 0. The van der Waals surface area contributed by atoms with Crippen molar-refractivity contribution >= 4 is 5.91 Å². The number of fused-ring (bicyclic) bond motifs is 1. The molecule has 0 radical (unpaired) electrons. The number of benzene rings is 1. The number of hydrogen-bond donors (Lipinski definition) is 2. The van der Waals surface area contributed by atoms with Crippen molar-refractivity contribution in [1.82, 2.24) is 5.32 Å². The van der Waals surface area contributed by atoms with Crippen LogP contribution in [-0.2, 0) is 4.79 Å². The van der Waals surface area contributed by atoms with Crippen molar-refractivity contribution in [1.29, 1.82) is 0 Å². The number of phenolic OH excluding ortho intramolecular Hbond substituents is 1. The van der Waals surface area contributed by atoms with Crippen molar-refractivity contribution in [3.63, 3.8) is 0 Å². The van der Waals surface area contributed by atoms with E-state index >= 15 is 0 Å². The van der Waals surface area contributed by atoms with Gasteiger partial charge in [-0.3, -0.25) is 4.79 Å². The van der Waals surface area contributed by atoms with Crippen LogP contribution in [-0.4, -0.2) is 17.6 Å². The van der Waals surface area contributed by atoms with E-state index in [1.807, 2.05) is 6.92 Å². The van der Waals surface area contributed by atoms with Gasteiger partial charge in [0.05, 0.1) is 0 Å². The summed E-state index contributed by atoms with van der Waals surface area (Å²) in [7, 11) is 0. The Kier molecular flexibility index (Phi) is 3.72. The zero-order valence-electron chi connectivity index (χ0n) is 10.1. The van der Waals surface area contributed by atoms with E-state index in [1.54, 1.807) is 6.07 Å². The normalized spacial score (nSPS) is 12.8. The summed E-state index contributed by atoms with van der Waals surface area (Å²) < 4.78 is 10.6. The van der Waals surface area contributed by atoms with E-state index < -0.39 is 0 Å². The fourth-order valence-corrected chi connectivity index (χ4v) is 1.50. The summed E-state index contributed by atoms with van der Waals surface area (Å²) in [5, 5.41) is 12.0. The van der Waals surface area contributed by atoms with Crippen LogP contribution in [0.3, 0.4) is 0 Å². The predicted octanol–water partition coefficient (Wildman–Crippen LogP) is 1.92. The maximum Gasteiger partial charge on any atom is 0.290 e. The largest absolute Gasteiger partial charge is 0.508 e. The van der Waals surface area contributed by atoms with Gasteiger partial charge in [-0.2, -0.15) is 0 Å². The standard InChI is InChI=1S/C13H15NO4/c1-2-3-6-14-13(16)12-8-17-11-7-9(15)4-5-10(11)18-12/h4-5,7-8,15H,2-3,6H2,1H3,(H,14,16). The average molecular weight is 249 g/mol. The van der Waals surface area contributed by atoms with Gasteiger partial charge in [-0.15, -0.1) is 0 Å². The van der Waals surface area contributed by atoms with Crippen molar-refractivity contribution in [2.75, 3.05) is 6.54 Å². The number of hydrogen-bond acceptors (Lipinski definition) is 4. The summed E-state index contributed by atoms with van der Waals surface area (Å²) in [5.74, 6) is 0.698. The first kappa shape index (κ1) is 12.3. The second kappa shape index (κ2) is 5.44. The monoisotopic (exact) mass is 249 g/mol. The number of amides is 1. The third-order valence-corrected chi connectivity index (χ3v) is 2.48. The van der Waals surface area contributed by atoms with E-state index in [1.165, 1.54) is 18.4 Å². The highest BCUT2D eigenvalue weighted by Crippen LogP contribution is 2.35. The van der Waals surface area contributed by atoms with Crippen LogP contribution in [0.2, 0.25) is 0 Å². The lowest BCUT2D eigenvalue weighted by atomic mass is 10.3. The number of aromatic hydroxyl groups is 1. The van der Waals surface area contributed by atoms with Crippen LogP contribution in [0.4, 0.5) is 0 Å². The topological polar surface area (TPSA) is 67.8 Å². The van der Waals surface area contributed by atoms with Crippen LogP contribution in [0.1, 0.15) is 19.8 Å². The number of carbonyl (C=O) groups excluding carboxylic acids is 1. The lowest BCUT2D eigenvalue weighted by molar-refractivity contribution is -0.119. The Labute approximate surface area is 105 Å². The quantitative estimate of drug-likeness (QED) is 0.800. The Morgan fingerprint density at radius 1 is 1.39 bits per heavy atom. The van der Waals surface area contributed by atoms with Gasteiger partial charge in [0.25, 0.3) is 5.91 Å². The van der Waals surface area contributed by atoms with Crippen LogP contribution in [0, 0.1) is 0 Å². The van der Waals surface area contributed by atoms with Gasteiger partial charge >= 0.3 is 0 Å². The Bertz CT molecular complexity index is 482. The third kappa shape index (κ3) is 2.74. The van der Waals surface area contributed by atoms with E-state index in [2.05, 4.69) is 5.32 Å². The first-order valence-electron chi connectivity index (χ1n) is 5.86. The lowest BCUT2D eigenvalue weighted by Crippen LogP contribution is -2.29. The average Bonchev–Trinajstić information content (AvgIpc) is 2.38. The number of ether oxygens (including phenoxy) is 2. The van der Waals surface area contributed by atoms with Gasteiger partial charge in [0.1, 0.15) is 12.0 Å². The summed E-state index contributed by atoms with van der Waals surface area (Å²) in [4.78, 5) is 11.7. The molecule has 1 heterocycles. The number of unbranched alkanes of at least 4 members (excludes halogenated alkanes) is 1. The molecule has 1 aliphatic heterocycles. The molecular formula is C13H15NO4. The van der Waals surface area contributed by atoms with Gasteiger partial charge in [0, 0.05) is 12.6 Å². The predicted molar refractivity (Wildman–Crippen MR) is 65.4 cm³/mol. The van der Waals surface area contributed by atoms with Gasteiger partial charge in [-0.05, 0) is 18.6 Å². The van der Waals surface area contributed by atoms with Crippen molar-refractivity contribution in [2.45, 2.75) is 19.8 Å². The van der Waals surface area contributed by atoms with Crippen LogP contribution in [0.15, 0.2) is 30.2 Å². The van der Waals surface area contributed by atoms with Gasteiger partial charge in [-0.25, -0.2) is 0 Å². The molecule has 0 saturated heterocycles. The summed E-state index contributed by atoms with van der Waals surface area (Å²) in [5.41, 5.74) is 0. The Balaban J connectivity index is 2.00. The minimum atomic E-state index is -0.304. The molecule has 1 aromatic rings. The van der Waals surface area contributed by atoms with E-state index in [0.717, 1.165) is 12.8 Å². The summed E-state index contributed by atoms with van der Waals surface area (Å²) in [6, 6.07) is 4.45. The van der Waals surface area contributed by atoms with E-state index in [0.29, 0.717) is 18.0 Å². The van der Waals surface area contributed by atoms with Crippen molar-refractivity contribution in [2.24, 2.45) is 0 Å². The fourth-order valence-electron chi connectivity index (χ4n) is 1.50. The molecule has 1 aromatic carbocycles. The van der Waals surface area contributed by atoms with Gasteiger partial charge in [0.2, 0.25) is 5.76 Å². The molecule has 0 saturated carbocycles. The minimum absolute atomic E-state index is 0.0848. The molecule has 0 atom stereocenters. The molecule has 0 unspecified atom stereocenters. The first-order chi connectivity index (χ1) is 8.70. The Morgan fingerprint density at radius 3 is 3.00 bits per heavy atom. The SMILES string of the molecule is CCCCNC(=O)C1=COc2cc(O)ccc2O1. The number of nitrogens with one attached hydrogen (secondary N) is 1. The molecule has 0 aromatic heterocycles. The highest BCUT2D eigenvalue weighted by Gasteiger charge is 2.20. The fraction of sp³-hybridized carbons (Fsp3) is 0.308. The van der Waals surface area contributed by atoms with E-state index in [9.17, 15) is 9.90 Å². The molecule has 0 bridgehead atoms. The molecule has 0 fully saturated rings. The molecule has 1 amide bonds. The minimum Gasteiger partial charge on any atom is -0.508 e. The van der Waals surface area contributed by atoms with Gasteiger partial charge in [0.15, 0.2) is 11.5 Å². The maximum absolute atomic E-state index is 11.7. The molecule has 5 heteroatoms. The zero-order valence-corrected chi connectivity index (χ0v) is 10.1. The third-order valence-electron chi connectivity index (χ3n) is 2.48. The maximum atomic E-state index is 11.7. The van der Waals surface area contributed by atoms with Gasteiger partial charge < -0.3 is 19.9 Å². The molecule has 5 nitrogen and oxygen atoms in total. The number of carbonyl (C=O) groups is 1. The highest BCUT2D eigenvalue weighted by molar-refractivity contribution is 5.92. The lowest BCUT2D eigenvalue weighted by Gasteiger charge is -2.17. The molecule has 18 heavy (non-hydrogen) atoms. The van der Waals surface area contributed by atoms with Crippen molar-refractivity contribution < 1.29 is 19.4 Å². The van der Waals surface area contributed by atoms with E-state index in [4.69, 9.17) is 9.47 Å². The van der Waals surface area contributed by atoms with Crippen LogP contribution >= 0.6 is 0 Å². The second-order valence-electron chi connectivity index (χ2n) is 3.94. The first-order valence-corrected chi connectivity index (χ1v) is 5.86. The molecular weight excluding hydrogens is 234 g/mol.